The maximum absolute atomic E-state index is 13.0. The van der Waals surface area contributed by atoms with E-state index in [-0.39, 0.29) is 45.8 Å². The van der Waals surface area contributed by atoms with Crippen molar-refractivity contribution < 1.29 is 51.6 Å². The summed E-state index contributed by atoms with van der Waals surface area (Å²) in [6.07, 6.45) is 35.6. The van der Waals surface area contributed by atoms with E-state index in [1.54, 1.807) is 0 Å². The van der Waals surface area contributed by atoms with Crippen molar-refractivity contribution in [2.45, 2.75) is 225 Å². The molecule has 59 heavy (non-hydrogen) atoms. The third kappa shape index (κ3) is 41.4. The van der Waals surface area contributed by atoms with Gasteiger partial charge < -0.3 is 24.3 Å². The van der Waals surface area contributed by atoms with Gasteiger partial charge >= 0.3 is 25.9 Å². The lowest BCUT2D eigenvalue weighted by atomic mass is 10.0. The number of amides is 1. The van der Waals surface area contributed by atoms with Gasteiger partial charge in [-0.1, -0.05) is 194 Å². The van der Waals surface area contributed by atoms with Crippen LogP contribution < -0.4 is 11.2 Å². The summed E-state index contributed by atoms with van der Waals surface area (Å²) in [7, 11) is -2.81. The van der Waals surface area contributed by atoms with E-state index in [0.29, 0.717) is 6.42 Å². The predicted octanol–water partition coefficient (Wildman–Crippen LogP) is 12.4. The van der Waals surface area contributed by atoms with Crippen molar-refractivity contribution >= 4 is 25.9 Å². The molecule has 0 aliphatic heterocycles. The molecule has 1 amide bonds. The van der Waals surface area contributed by atoms with Crippen molar-refractivity contribution in [1.82, 2.24) is 5.32 Å². The number of rotatable bonds is 46. The van der Waals surface area contributed by atoms with Gasteiger partial charge in [-0.3, -0.25) is 18.6 Å². The maximum Gasteiger partial charge on any atom is 0.491 e. The number of hydrogen-bond acceptors (Lipinski definition) is 12. The van der Waals surface area contributed by atoms with Crippen molar-refractivity contribution in [2.24, 2.45) is 5.90 Å². The number of nitrogens with one attached hydrogen (secondary N) is 1. The van der Waals surface area contributed by atoms with Gasteiger partial charge in [0.05, 0.1) is 19.8 Å². The topological polar surface area (TPSA) is 171 Å². The van der Waals surface area contributed by atoms with Crippen LogP contribution >= 0.6 is 7.82 Å². The van der Waals surface area contributed by atoms with Gasteiger partial charge in [0.15, 0.2) is 6.10 Å². The highest BCUT2D eigenvalue weighted by Crippen LogP contribution is 2.47. The molecule has 0 rings (SSSR count). The summed E-state index contributed by atoms with van der Waals surface area (Å²) in [5, 5.41) is 2.42. The van der Waals surface area contributed by atoms with Gasteiger partial charge in [-0.25, -0.2) is 19.9 Å². The summed E-state index contributed by atoms with van der Waals surface area (Å²) in [5.74, 6) is 4.36. The van der Waals surface area contributed by atoms with E-state index >= 15 is 0 Å². The number of unbranched alkanes of at least 4 members (excludes halogenated alkanes) is 28. The molecule has 0 saturated heterocycles. The number of carbonyl (C=O) groups excluding carboxylic acids is 3. The first-order valence-corrected chi connectivity index (χ1v) is 25.3. The molecular weight excluding hydrogens is 775 g/mol. The van der Waals surface area contributed by atoms with E-state index in [9.17, 15) is 18.9 Å². The molecule has 0 aromatic carbocycles. The van der Waals surface area contributed by atoms with Gasteiger partial charge in [-0.05, 0) is 12.8 Å². The molecule has 3 N–H and O–H groups in total. The second-order valence-electron chi connectivity index (χ2n) is 15.9. The summed E-state index contributed by atoms with van der Waals surface area (Å²) >= 11 is 0. The molecule has 13 nitrogen and oxygen atoms in total. The number of ether oxygens (including phenoxy) is 4. The minimum absolute atomic E-state index is 0.0697. The molecule has 0 heterocycles. The largest absolute Gasteiger partial charge is 0.491 e. The van der Waals surface area contributed by atoms with Crippen molar-refractivity contribution in [2.75, 3.05) is 46.7 Å². The molecular formula is C45H89N2O11P. The van der Waals surface area contributed by atoms with Crippen molar-refractivity contribution in [1.29, 1.82) is 0 Å². The number of phosphoric acid groups is 1. The normalized spacial score (nSPS) is 12.9. The summed E-state index contributed by atoms with van der Waals surface area (Å²) in [5.41, 5.74) is 0. The number of nitrogens with two attached hydrogens (primary N) is 1. The fourth-order valence-electron chi connectivity index (χ4n) is 6.75. The van der Waals surface area contributed by atoms with Crippen molar-refractivity contribution in [3.05, 3.63) is 0 Å². The number of phosphoric ester groups is 1. The van der Waals surface area contributed by atoms with Gasteiger partial charge in [0.1, 0.15) is 13.2 Å². The van der Waals surface area contributed by atoms with E-state index in [1.807, 2.05) is 0 Å². The van der Waals surface area contributed by atoms with E-state index in [0.717, 1.165) is 38.5 Å². The standard InChI is InChI=1S/C45H89N2O11P/c1-4-6-8-10-12-14-16-18-20-22-24-26-28-30-32-34-43(48)54-40-42(41-56-59(51,58-46)55-37-36-47-45(50)53-39-38-52-3)57-44(49)35-33-31-29-27-25-23-21-19-17-15-13-11-9-7-5-2/h42H,4-41,46H2,1-3H3,(H,47,50). The Kier molecular flexibility index (Phi) is 43.0. The first-order chi connectivity index (χ1) is 28.8. The van der Waals surface area contributed by atoms with E-state index in [4.69, 9.17) is 33.9 Å². The highest BCUT2D eigenvalue weighted by Gasteiger charge is 2.29. The Balaban J connectivity index is 4.53. The van der Waals surface area contributed by atoms with Gasteiger partial charge in [-0.15, -0.1) is 0 Å². The van der Waals surface area contributed by atoms with Crippen LogP contribution in [0.25, 0.3) is 0 Å². The molecule has 2 unspecified atom stereocenters. The average Bonchev–Trinajstić information content (AvgIpc) is 3.23. The average molecular weight is 865 g/mol. The third-order valence-electron chi connectivity index (χ3n) is 10.4. The Morgan fingerprint density at radius 2 is 0.915 bits per heavy atom. The van der Waals surface area contributed by atoms with E-state index < -0.39 is 38.6 Å². The predicted molar refractivity (Wildman–Crippen MR) is 236 cm³/mol. The smallest absolute Gasteiger partial charge is 0.462 e. The van der Waals surface area contributed by atoms with Crippen molar-refractivity contribution in [3.63, 3.8) is 0 Å². The van der Waals surface area contributed by atoms with Crippen LogP contribution in [0.15, 0.2) is 0 Å². The molecule has 2 atom stereocenters. The molecule has 0 saturated carbocycles. The molecule has 350 valence electrons. The van der Waals surface area contributed by atoms with Crippen LogP contribution in [0.1, 0.15) is 219 Å². The lowest BCUT2D eigenvalue weighted by Gasteiger charge is -2.21. The van der Waals surface area contributed by atoms with E-state index in [1.165, 1.54) is 155 Å². The quantitative estimate of drug-likeness (QED) is 0.0195. The van der Waals surface area contributed by atoms with Crippen LogP contribution in [0.4, 0.5) is 4.79 Å². The number of alkyl carbamates (subject to hydrolysis) is 1. The van der Waals surface area contributed by atoms with Crippen LogP contribution in [0, 0.1) is 0 Å². The highest BCUT2D eigenvalue weighted by atomic mass is 31.2. The Morgan fingerprint density at radius 1 is 0.508 bits per heavy atom. The van der Waals surface area contributed by atoms with Gasteiger partial charge in [-0.2, -0.15) is 0 Å². The number of hydrogen-bond donors (Lipinski definition) is 2. The van der Waals surface area contributed by atoms with Crippen molar-refractivity contribution in [3.8, 4) is 0 Å². The summed E-state index contributed by atoms with van der Waals surface area (Å²) in [4.78, 5) is 37.1. The summed E-state index contributed by atoms with van der Waals surface area (Å²) < 4.78 is 48.7. The molecule has 0 radical (unpaired) electrons. The second-order valence-corrected chi connectivity index (χ2v) is 17.6. The van der Waals surface area contributed by atoms with E-state index in [2.05, 4.69) is 23.8 Å². The first-order valence-electron chi connectivity index (χ1n) is 23.8. The minimum atomic E-state index is -4.30. The molecule has 14 heteroatoms. The van der Waals surface area contributed by atoms with Gasteiger partial charge in [0.25, 0.3) is 0 Å². The first kappa shape index (κ1) is 57.2. The Labute approximate surface area is 359 Å². The van der Waals surface area contributed by atoms with Crippen LogP contribution in [0.3, 0.4) is 0 Å². The Morgan fingerprint density at radius 3 is 1.32 bits per heavy atom. The Hall–Kier alpha value is -1.76. The third-order valence-corrected chi connectivity index (χ3v) is 11.6. The van der Waals surface area contributed by atoms with Crippen LogP contribution in [0.2, 0.25) is 0 Å². The molecule has 0 aromatic heterocycles. The number of carbonyl (C=O) groups is 3. The lowest BCUT2D eigenvalue weighted by molar-refractivity contribution is -0.161. The molecule has 0 aliphatic rings. The molecule has 0 aromatic rings. The molecule has 0 aliphatic carbocycles. The van der Waals surface area contributed by atoms with Crippen LogP contribution in [0.5, 0.6) is 0 Å². The molecule has 0 fully saturated rings. The lowest BCUT2D eigenvalue weighted by Crippen LogP contribution is -2.30. The number of methoxy groups -OCH3 is 1. The Bertz CT molecular complexity index is 1010. The fourth-order valence-corrected chi connectivity index (χ4v) is 7.61. The van der Waals surface area contributed by atoms with Gasteiger partial charge in [0, 0.05) is 26.5 Å². The zero-order valence-electron chi connectivity index (χ0n) is 38.0. The summed E-state index contributed by atoms with van der Waals surface area (Å²) in [6, 6.07) is 0. The number of esters is 2. The van der Waals surface area contributed by atoms with Gasteiger partial charge in [0.2, 0.25) is 0 Å². The zero-order chi connectivity index (χ0) is 43.3. The monoisotopic (exact) mass is 865 g/mol. The molecule has 0 spiro atoms. The minimum Gasteiger partial charge on any atom is -0.462 e. The maximum atomic E-state index is 13.0. The summed E-state index contributed by atoms with van der Waals surface area (Å²) in [6.45, 7) is 3.76. The second kappa shape index (κ2) is 44.3. The fraction of sp³-hybridized carbons (Fsp3) is 0.933. The van der Waals surface area contributed by atoms with Crippen LogP contribution in [-0.2, 0) is 46.8 Å². The molecule has 0 bridgehead atoms. The zero-order valence-corrected chi connectivity index (χ0v) is 38.9. The SMILES string of the molecule is CCCCCCCCCCCCCCCCCC(=O)OCC(COP(=O)(ON)OCCNC(=O)OCCOC)OC(=O)CCCCCCCCCCCCCCCCC. The highest BCUT2D eigenvalue weighted by molar-refractivity contribution is 7.48. The van der Waals surface area contributed by atoms with Crippen LogP contribution in [-0.4, -0.2) is 70.8 Å².